The first-order valence-electron chi connectivity index (χ1n) is 4.93. The number of hydrogen-bond donors (Lipinski definition) is 1. The summed E-state index contributed by atoms with van der Waals surface area (Å²) < 4.78 is 0.953. The number of benzene rings is 1. The lowest BCUT2D eigenvalue weighted by Crippen LogP contribution is -2.00. The van der Waals surface area contributed by atoms with Gasteiger partial charge in [-0.2, -0.15) is 0 Å². The van der Waals surface area contributed by atoms with Gasteiger partial charge in [0.1, 0.15) is 0 Å². The van der Waals surface area contributed by atoms with Crippen LogP contribution in [0.1, 0.15) is 5.56 Å². The van der Waals surface area contributed by atoms with Crippen molar-refractivity contribution in [3.8, 4) is 0 Å². The molecular formula is C12H9BrCl2N2. The van der Waals surface area contributed by atoms with Crippen LogP contribution in [0.5, 0.6) is 0 Å². The van der Waals surface area contributed by atoms with E-state index in [1.54, 1.807) is 30.6 Å². The van der Waals surface area contributed by atoms with E-state index in [4.69, 9.17) is 23.2 Å². The number of hydrogen-bond acceptors (Lipinski definition) is 2. The molecule has 1 aromatic carbocycles. The van der Waals surface area contributed by atoms with Gasteiger partial charge in [-0.25, -0.2) is 0 Å². The molecule has 0 saturated carbocycles. The van der Waals surface area contributed by atoms with Gasteiger partial charge in [0.2, 0.25) is 0 Å². The van der Waals surface area contributed by atoms with E-state index in [2.05, 4.69) is 26.2 Å². The number of aromatic nitrogens is 1. The second kappa shape index (κ2) is 5.71. The van der Waals surface area contributed by atoms with Crippen LogP contribution >= 0.6 is 39.1 Å². The number of nitrogens with one attached hydrogen (secondary N) is 1. The molecule has 0 aliphatic heterocycles. The molecule has 2 rings (SSSR count). The second-order valence-electron chi connectivity index (χ2n) is 3.49. The number of pyridine rings is 1. The molecule has 88 valence electrons. The van der Waals surface area contributed by atoms with Gasteiger partial charge in [0.15, 0.2) is 0 Å². The van der Waals surface area contributed by atoms with Crippen LogP contribution in [0.25, 0.3) is 0 Å². The lowest BCUT2D eigenvalue weighted by atomic mass is 10.2. The van der Waals surface area contributed by atoms with Crippen LogP contribution in [0.3, 0.4) is 0 Å². The fraction of sp³-hybridized carbons (Fsp3) is 0.0833. The van der Waals surface area contributed by atoms with Crippen molar-refractivity contribution in [1.82, 2.24) is 4.98 Å². The quantitative estimate of drug-likeness (QED) is 0.876. The van der Waals surface area contributed by atoms with E-state index in [0.717, 1.165) is 15.7 Å². The highest BCUT2D eigenvalue weighted by atomic mass is 79.9. The highest BCUT2D eigenvalue weighted by Gasteiger charge is 2.01. The molecule has 0 spiro atoms. The molecule has 0 bridgehead atoms. The van der Waals surface area contributed by atoms with Crippen molar-refractivity contribution < 1.29 is 0 Å². The summed E-state index contributed by atoms with van der Waals surface area (Å²) in [7, 11) is 0. The molecule has 0 unspecified atom stereocenters. The van der Waals surface area contributed by atoms with Gasteiger partial charge in [-0.15, -0.1) is 0 Å². The Kier molecular flexibility index (Phi) is 4.26. The summed E-state index contributed by atoms with van der Waals surface area (Å²) in [4.78, 5) is 4.09. The van der Waals surface area contributed by atoms with Gasteiger partial charge in [-0.3, -0.25) is 4.98 Å². The maximum atomic E-state index is 6.05. The maximum Gasteiger partial charge on any atom is 0.0638 e. The molecule has 1 N–H and O–H groups in total. The molecule has 0 amide bonds. The molecular weight excluding hydrogens is 323 g/mol. The first kappa shape index (κ1) is 12.7. The van der Waals surface area contributed by atoms with E-state index >= 15 is 0 Å². The Balaban J connectivity index is 2.09. The van der Waals surface area contributed by atoms with Crippen molar-refractivity contribution >= 4 is 44.8 Å². The van der Waals surface area contributed by atoms with Crippen molar-refractivity contribution in [3.63, 3.8) is 0 Å². The molecule has 0 aliphatic rings. The highest BCUT2D eigenvalue weighted by Crippen LogP contribution is 2.25. The van der Waals surface area contributed by atoms with Gasteiger partial charge < -0.3 is 5.32 Å². The van der Waals surface area contributed by atoms with Crippen molar-refractivity contribution in [2.24, 2.45) is 0 Å². The predicted molar refractivity (Wildman–Crippen MR) is 75.7 cm³/mol. The third-order valence-electron chi connectivity index (χ3n) is 2.17. The number of halogens is 3. The lowest BCUT2D eigenvalue weighted by molar-refractivity contribution is 1.11. The zero-order valence-electron chi connectivity index (χ0n) is 8.75. The van der Waals surface area contributed by atoms with Crippen LogP contribution in [0.4, 0.5) is 5.69 Å². The highest BCUT2D eigenvalue weighted by molar-refractivity contribution is 9.10. The molecule has 0 fully saturated rings. The molecule has 2 nitrogen and oxygen atoms in total. The van der Waals surface area contributed by atoms with Crippen LogP contribution in [0.2, 0.25) is 10.0 Å². The summed E-state index contributed by atoms with van der Waals surface area (Å²) in [5, 5.41) is 4.53. The van der Waals surface area contributed by atoms with Crippen molar-refractivity contribution in [2.45, 2.75) is 6.54 Å². The minimum atomic E-state index is 0.645. The Morgan fingerprint density at radius 3 is 2.76 bits per heavy atom. The van der Waals surface area contributed by atoms with Gasteiger partial charge in [0, 0.05) is 28.4 Å². The molecule has 5 heteroatoms. The number of anilines is 1. The first-order valence-corrected chi connectivity index (χ1v) is 6.48. The smallest absolute Gasteiger partial charge is 0.0638 e. The van der Waals surface area contributed by atoms with E-state index in [9.17, 15) is 0 Å². The molecule has 0 atom stereocenters. The Morgan fingerprint density at radius 1 is 1.18 bits per heavy atom. The third-order valence-corrected chi connectivity index (χ3v) is 3.17. The van der Waals surface area contributed by atoms with Gasteiger partial charge >= 0.3 is 0 Å². The average Bonchev–Trinajstić information content (AvgIpc) is 2.30. The first-order chi connectivity index (χ1) is 8.15. The Bertz CT molecular complexity index is 532. The van der Waals surface area contributed by atoms with E-state index in [1.165, 1.54) is 0 Å². The van der Waals surface area contributed by atoms with E-state index in [1.807, 2.05) is 6.07 Å². The largest absolute Gasteiger partial charge is 0.380 e. The van der Waals surface area contributed by atoms with Crippen LogP contribution < -0.4 is 5.32 Å². The summed E-state index contributed by atoms with van der Waals surface area (Å²) in [6.07, 6.45) is 3.55. The van der Waals surface area contributed by atoms with Crippen molar-refractivity contribution in [1.29, 1.82) is 0 Å². The number of nitrogens with zero attached hydrogens (tertiary/aromatic N) is 1. The molecule has 2 aromatic rings. The zero-order chi connectivity index (χ0) is 12.3. The molecule has 17 heavy (non-hydrogen) atoms. The number of rotatable bonds is 3. The van der Waals surface area contributed by atoms with Gasteiger partial charge in [-0.1, -0.05) is 23.2 Å². The summed E-state index contributed by atoms with van der Waals surface area (Å²) in [6.45, 7) is 0.645. The summed E-state index contributed by atoms with van der Waals surface area (Å²) in [5.74, 6) is 0. The maximum absolute atomic E-state index is 6.05. The monoisotopic (exact) mass is 330 g/mol. The second-order valence-corrected chi connectivity index (χ2v) is 5.25. The fourth-order valence-electron chi connectivity index (χ4n) is 1.38. The summed E-state index contributed by atoms with van der Waals surface area (Å²) in [6, 6.07) is 7.33. The van der Waals surface area contributed by atoms with Crippen LogP contribution in [-0.2, 0) is 6.54 Å². The zero-order valence-corrected chi connectivity index (χ0v) is 11.9. The SMILES string of the molecule is Clc1ccc(Cl)c(NCc2cncc(Br)c2)c1. The Morgan fingerprint density at radius 2 is 2.00 bits per heavy atom. The Labute approximate surface area is 118 Å². The van der Waals surface area contributed by atoms with Gasteiger partial charge in [-0.05, 0) is 45.8 Å². The summed E-state index contributed by atoms with van der Waals surface area (Å²) >= 11 is 15.3. The molecule has 0 aliphatic carbocycles. The van der Waals surface area contributed by atoms with Crippen molar-refractivity contribution in [2.75, 3.05) is 5.32 Å². The topological polar surface area (TPSA) is 24.9 Å². The third kappa shape index (κ3) is 3.60. The van der Waals surface area contributed by atoms with E-state index < -0.39 is 0 Å². The summed E-state index contributed by atoms with van der Waals surface area (Å²) in [5.41, 5.74) is 1.88. The standard InChI is InChI=1S/C12H9BrCl2N2/c13-9-3-8(5-16-7-9)6-17-12-4-10(14)1-2-11(12)15/h1-5,7,17H,6H2. The van der Waals surface area contributed by atoms with Gasteiger partial charge in [0.25, 0.3) is 0 Å². The molecule has 1 heterocycles. The predicted octanol–water partition coefficient (Wildman–Crippen LogP) is 4.76. The molecule has 0 saturated heterocycles. The van der Waals surface area contributed by atoms with Crippen LogP contribution in [-0.4, -0.2) is 4.98 Å². The van der Waals surface area contributed by atoms with Gasteiger partial charge in [0.05, 0.1) is 10.7 Å². The lowest BCUT2D eigenvalue weighted by Gasteiger charge is -2.08. The van der Waals surface area contributed by atoms with Crippen LogP contribution in [0, 0.1) is 0 Å². The van der Waals surface area contributed by atoms with Crippen LogP contribution in [0.15, 0.2) is 41.1 Å². The fourth-order valence-corrected chi connectivity index (χ4v) is 2.15. The minimum absolute atomic E-state index is 0.645. The van der Waals surface area contributed by atoms with Crippen molar-refractivity contribution in [3.05, 3.63) is 56.7 Å². The molecule has 1 aromatic heterocycles. The minimum Gasteiger partial charge on any atom is -0.380 e. The van der Waals surface area contributed by atoms with E-state index in [0.29, 0.717) is 16.6 Å². The average molecular weight is 332 g/mol. The normalized spacial score (nSPS) is 10.3. The molecule has 0 radical (unpaired) electrons. The van der Waals surface area contributed by atoms with E-state index in [-0.39, 0.29) is 0 Å². The Hall–Kier alpha value is -0.770.